The SMILES string of the molecule is CCOc1ccc(/C=C/C(=O)c2ccc(NC(=O)/C(=C/c3ccccc3F)NC(=O)c3ccccc3)cc2)cc1. The number of allylic oxidation sites excluding steroid dienone is 1. The highest BCUT2D eigenvalue weighted by Gasteiger charge is 2.16. The van der Waals surface area contributed by atoms with Crippen molar-refractivity contribution in [2.24, 2.45) is 0 Å². The van der Waals surface area contributed by atoms with Gasteiger partial charge in [0.2, 0.25) is 0 Å². The van der Waals surface area contributed by atoms with E-state index in [4.69, 9.17) is 4.74 Å². The lowest BCUT2D eigenvalue weighted by Crippen LogP contribution is -2.30. The van der Waals surface area contributed by atoms with Crippen LogP contribution < -0.4 is 15.4 Å². The van der Waals surface area contributed by atoms with Crippen LogP contribution >= 0.6 is 0 Å². The molecule has 0 aliphatic rings. The summed E-state index contributed by atoms with van der Waals surface area (Å²) in [6, 6.07) is 28.0. The molecule has 0 atom stereocenters. The number of hydrogen-bond acceptors (Lipinski definition) is 4. The molecule has 2 N–H and O–H groups in total. The van der Waals surface area contributed by atoms with Crippen LogP contribution in [0, 0.1) is 5.82 Å². The van der Waals surface area contributed by atoms with Gasteiger partial charge in [-0.3, -0.25) is 14.4 Å². The second-order valence-corrected chi connectivity index (χ2v) is 8.63. The number of nitrogens with one attached hydrogen (secondary N) is 2. The van der Waals surface area contributed by atoms with Gasteiger partial charge < -0.3 is 15.4 Å². The van der Waals surface area contributed by atoms with Crippen molar-refractivity contribution in [2.75, 3.05) is 11.9 Å². The van der Waals surface area contributed by atoms with E-state index in [2.05, 4.69) is 10.6 Å². The van der Waals surface area contributed by atoms with E-state index in [1.165, 1.54) is 30.4 Å². The minimum absolute atomic E-state index is 0.140. The lowest BCUT2D eigenvalue weighted by molar-refractivity contribution is -0.113. The summed E-state index contributed by atoms with van der Waals surface area (Å²) in [5.74, 6) is -1.15. The molecule has 40 heavy (non-hydrogen) atoms. The summed E-state index contributed by atoms with van der Waals surface area (Å²) in [6.07, 6.45) is 4.45. The Kier molecular flexibility index (Phi) is 9.35. The van der Waals surface area contributed by atoms with Crippen LogP contribution in [0.15, 0.2) is 115 Å². The van der Waals surface area contributed by atoms with Crippen LogP contribution in [-0.4, -0.2) is 24.2 Å². The largest absolute Gasteiger partial charge is 0.494 e. The van der Waals surface area contributed by atoms with Crippen LogP contribution in [0.2, 0.25) is 0 Å². The van der Waals surface area contributed by atoms with Crippen molar-refractivity contribution in [3.05, 3.63) is 143 Å². The van der Waals surface area contributed by atoms with Crippen molar-refractivity contribution >= 4 is 35.4 Å². The van der Waals surface area contributed by atoms with Crippen molar-refractivity contribution in [1.82, 2.24) is 5.32 Å². The smallest absolute Gasteiger partial charge is 0.272 e. The Hall–Kier alpha value is -5.30. The molecule has 0 radical (unpaired) electrons. The lowest BCUT2D eigenvalue weighted by Gasteiger charge is -2.12. The van der Waals surface area contributed by atoms with E-state index in [9.17, 15) is 18.8 Å². The summed E-state index contributed by atoms with van der Waals surface area (Å²) in [4.78, 5) is 38.5. The number of anilines is 1. The minimum Gasteiger partial charge on any atom is -0.494 e. The average Bonchev–Trinajstić information content (AvgIpc) is 2.98. The van der Waals surface area contributed by atoms with E-state index >= 15 is 0 Å². The Bertz CT molecular complexity index is 1540. The third-order valence-electron chi connectivity index (χ3n) is 5.78. The van der Waals surface area contributed by atoms with Crippen LogP contribution in [0.25, 0.3) is 12.2 Å². The van der Waals surface area contributed by atoms with Gasteiger partial charge in [-0.25, -0.2) is 4.39 Å². The summed E-state index contributed by atoms with van der Waals surface area (Å²) in [7, 11) is 0. The molecular formula is C33H27FN2O4. The highest BCUT2D eigenvalue weighted by Crippen LogP contribution is 2.17. The monoisotopic (exact) mass is 534 g/mol. The third-order valence-corrected chi connectivity index (χ3v) is 5.78. The average molecular weight is 535 g/mol. The molecular weight excluding hydrogens is 507 g/mol. The number of carbonyl (C=O) groups is 3. The zero-order valence-corrected chi connectivity index (χ0v) is 21.8. The summed E-state index contributed by atoms with van der Waals surface area (Å²) >= 11 is 0. The van der Waals surface area contributed by atoms with Gasteiger partial charge >= 0.3 is 0 Å². The van der Waals surface area contributed by atoms with Crippen molar-refractivity contribution in [3.63, 3.8) is 0 Å². The molecule has 0 bridgehead atoms. The highest BCUT2D eigenvalue weighted by atomic mass is 19.1. The molecule has 0 saturated heterocycles. The van der Waals surface area contributed by atoms with Crippen LogP contribution in [0.5, 0.6) is 5.75 Å². The summed E-state index contributed by atoms with van der Waals surface area (Å²) in [5, 5.41) is 5.27. The molecule has 0 spiro atoms. The quantitative estimate of drug-likeness (QED) is 0.179. The first-order valence-corrected chi connectivity index (χ1v) is 12.6. The van der Waals surface area contributed by atoms with Crippen LogP contribution in [0.3, 0.4) is 0 Å². The van der Waals surface area contributed by atoms with E-state index in [1.807, 2.05) is 31.2 Å². The van der Waals surface area contributed by atoms with Crippen molar-refractivity contribution in [2.45, 2.75) is 6.92 Å². The normalized spacial score (nSPS) is 11.2. The maximum absolute atomic E-state index is 14.3. The molecule has 0 heterocycles. The number of ether oxygens (including phenoxy) is 1. The maximum atomic E-state index is 14.3. The lowest BCUT2D eigenvalue weighted by atomic mass is 10.1. The molecule has 6 nitrogen and oxygen atoms in total. The van der Waals surface area contributed by atoms with Gasteiger partial charge in [0.05, 0.1) is 6.61 Å². The first-order valence-electron chi connectivity index (χ1n) is 12.6. The van der Waals surface area contributed by atoms with E-state index in [0.717, 1.165) is 11.3 Å². The Morgan fingerprint density at radius 1 is 0.800 bits per heavy atom. The van der Waals surface area contributed by atoms with Gasteiger partial charge in [-0.15, -0.1) is 0 Å². The Morgan fingerprint density at radius 2 is 1.48 bits per heavy atom. The summed E-state index contributed by atoms with van der Waals surface area (Å²) < 4.78 is 19.7. The number of rotatable bonds is 10. The van der Waals surface area contributed by atoms with E-state index in [0.29, 0.717) is 23.4 Å². The second kappa shape index (κ2) is 13.5. The summed E-state index contributed by atoms with van der Waals surface area (Å²) in [6.45, 7) is 2.49. The van der Waals surface area contributed by atoms with Crippen LogP contribution in [-0.2, 0) is 4.79 Å². The molecule has 0 unspecified atom stereocenters. The molecule has 4 aromatic carbocycles. The Balaban J connectivity index is 1.46. The van der Waals surface area contributed by atoms with Gasteiger partial charge in [-0.1, -0.05) is 54.6 Å². The predicted molar refractivity (Wildman–Crippen MR) is 154 cm³/mol. The second-order valence-electron chi connectivity index (χ2n) is 8.63. The van der Waals surface area contributed by atoms with E-state index in [1.54, 1.807) is 66.7 Å². The van der Waals surface area contributed by atoms with Gasteiger partial charge in [-0.2, -0.15) is 0 Å². The number of hydrogen-bond donors (Lipinski definition) is 2. The zero-order valence-electron chi connectivity index (χ0n) is 21.8. The molecule has 7 heteroatoms. The molecule has 0 aromatic heterocycles. The number of ketones is 1. The molecule has 4 rings (SSSR count). The fourth-order valence-electron chi connectivity index (χ4n) is 3.72. The molecule has 0 saturated carbocycles. The summed E-state index contributed by atoms with van der Waals surface area (Å²) in [5.41, 5.74) is 2.02. The van der Waals surface area contributed by atoms with Gasteiger partial charge in [0.1, 0.15) is 17.3 Å². The standard InChI is InChI=1S/C33H27FN2O4/c1-2-40-28-19-12-23(13-20-28)14-21-31(37)24-15-17-27(18-16-24)35-33(39)30(22-26-10-6-7-11-29(26)34)36-32(38)25-8-4-3-5-9-25/h3-22H,2H2,1H3,(H,35,39)(H,36,38)/b21-14+,30-22-. The predicted octanol–water partition coefficient (Wildman–Crippen LogP) is 6.53. The molecule has 2 amide bonds. The van der Waals surface area contributed by atoms with Gasteiger partial charge in [0.25, 0.3) is 11.8 Å². The van der Waals surface area contributed by atoms with Crippen molar-refractivity contribution in [1.29, 1.82) is 0 Å². The van der Waals surface area contributed by atoms with Gasteiger partial charge in [-0.05, 0) is 79.2 Å². The third kappa shape index (κ3) is 7.61. The van der Waals surface area contributed by atoms with Crippen LogP contribution in [0.1, 0.15) is 38.8 Å². The molecule has 0 aliphatic heterocycles. The number of halogens is 1. The topological polar surface area (TPSA) is 84.5 Å². The fraction of sp³-hybridized carbons (Fsp3) is 0.0606. The molecule has 0 aliphatic carbocycles. The maximum Gasteiger partial charge on any atom is 0.272 e. The Labute approximate surface area is 231 Å². The van der Waals surface area contributed by atoms with E-state index in [-0.39, 0.29) is 17.0 Å². The number of amides is 2. The minimum atomic E-state index is -0.651. The molecule has 0 fully saturated rings. The number of carbonyl (C=O) groups excluding carboxylic acids is 3. The fourth-order valence-corrected chi connectivity index (χ4v) is 3.72. The highest BCUT2D eigenvalue weighted by molar-refractivity contribution is 6.11. The first-order chi connectivity index (χ1) is 19.4. The van der Waals surface area contributed by atoms with E-state index < -0.39 is 17.6 Å². The first kappa shape index (κ1) is 27.7. The van der Waals surface area contributed by atoms with Crippen molar-refractivity contribution in [3.8, 4) is 5.75 Å². The molecule has 4 aromatic rings. The zero-order chi connectivity index (χ0) is 28.3. The van der Waals surface area contributed by atoms with Gasteiger partial charge in [0, 0.05) is 22.4 Å². The number of benzene rings is 4. The van der Waals surface area contributed by atoms with Crippen molar-refractivity contribution < 1.29 is 23.5 Å². The molecule has 200 valence electrons. The van der Waals surface area contributed by atoms with Gasteiger partial charge in [0.15, 0.2) is 5.78 Å². The van der Waals surface area contributed by atoms with Crippen LogP contribution in [0.4, 0.5) is 10.1 Å². The Morgan fingerprint density at radius 3 is 2.15 bits per heavy atom.